The van der Waals surface area contributed by atoms with Gasteiger partial charge in [-0.1, -0.05) is 26.7 Å². The minimum Gasteiger partial charge on any atom is -0.478 e. The zero-order valence-electron chi connectivity index (χ0n) is 12.4. The molecule has 2 rings (SSSR count). The van der Waals surface area contributed by atoms with E-state index in [2.05, 4.69) is 23.7 Å². The molecule has 0 saturated carbocycles. The summed E-state index contributed by atoms with van der Waals surface area (Å²) in [7, 11) is 0. The maximum atomic E-state index is 11.2. The Kier molecular flexibility index (Phi) is 4.99. The van der Waals surface area contributed by atoms with Gasteiger partial charge in [0.2, 0.25) is 0 Å². The first-order valence-corrected chi connectivity index (χ1v) is 7.63. The number of anilines is 1. The van der Waals surface area contributed by atoms with Gasteiger partial charge in [0.25, 0.3) is 0 Å². The van der Waals surface area contributed by atoms with E-state index in [0.29, 0.717) is 5.56 Å². The summed E-state index contributed by atoms with van der Waals surface area (Å²) >= 11 is 0. The summed E-state index contributed by atoms with van der Waals surface area (Å²) in [6.45, 7) is 6.30. The van der Waals surface area contributed by atoms with Gasteiger partial charge in [0.15, 0.2) is 0 Å². The lowest BCUT2D eigenvalue weighted by molar-refractivity contribution is 0.0696. The number of carboxylic acids is 1. The molecule has 0 amide bonds. The molecule has 0 radical (unpaired) electrons. The quantitative estimate of drug-likeness (QED) is 0.865. The van der Waals surface area contributed by atoms with Crippen molar-refractivity contribution in [2.24, 2.45) is 5.92 Å². The Morgan fingerprint density at radius 2 is 2.20 bits per heavy atom. The lowest BCUT2D eigenvalue weighted by atomic mass is 10.0. The van der Waals surface area contributed by atoms with Gasteiger partial charge >= 0.3 is 5.97 Å². The molecule has 1 atom stereocenters. The van der Waals surface area contributed by atoms with Gasteiger partial charge in [-0.15, -0.1) is 0 Å². The smallest absolute Gasteiger partial charge is 0.335 e. The standard InChI is InChI=1S/C16H24N2O2/c1-3-5-12-7-8-18(11-12)15-10-13(16(19)20)9-14(17-15)6-4-2/h9-10,12H,3-8,11H2,1-2H3,(H,19,20). The van der Waals surface area contributed by atoms with Crippen molar-refractivity contribution in [2.75, 3.05) is 18.0 Å². The van der Waals surface area contributed by atoms with E-state index >= 15 is 0 Å². The second-order valence-corrected chi connectivity index (χ2v) is 5.65. The monoisotopic (exact) mass is 276 g/mol. The molecule has 20 heavy (non-hydrogen) atoms. The van der Waals surface area contributed by atoms with Crippen LogP contribution in [0.5, 0.6) is 0 Å². The first-order valence-electron chi connectivity index (χ1n) is 7.63. The Morgan fingerprint density at radius 3 is 2.85 bits per heavy atom. The molecule has 1 saturated heterocycles. The summed E-state index contributed by atoms with van der Waals surface area (Å²) in [6, 6.07) is 3.42. The van der Waals surface area contributed by atoms with Crippen LogP contribution in [0.2, 0.25) is 0 Å². The molecule has 4 heteroatoms. The first kappa shape index (κ1) is 14.8. The van der Waals surface area contributed by atoms with Crippen LogP contribution in [0, 0.1) is 5.92 Å². The first-order chi connectivity index (χ1) is 9.63. The van der Waals surface area contributed by atoms with Crippen molar-refractivity contribution in [3.8, 4) is 0 Å². The molecular weight excluding hydrogens is 252 g/mol. The largest absolute Gasteiger partial charge is 0.478 e. The molecule has 0 bridgehead atoms. The molecule has 1 fully saturated rings. The van der Waals surface area contributed by atoms with Gasteiger partial charge in [-0.05, 0) is 37.3 Å². The van der Waals surface area contributed by atoms with Crippen molar-refractivity contribution < 1.29 is 9.90 Å². The van der Waals surface area contributed by atoms with Crippen molar-refractivity contribution in [2.45, 2.75) is 46.0 Å². The predicted octanol–water partition coefficient (Wildman–Crippen LogP) is 3.36. The third kappa shape index (κ3) is 3.50. The average Bonchev–Trinajstić information content (AvgIpc) is 2.88. The van der Waals surface area contributed by atoms with Crippen LogP contribution in [0.3, 0.4) is 0 Å². The molecule has 1 N–H and O–H groups in total. The van der Waals surface area contributed by atoms with E-state index in [1.54, 1.807) is 12.1 Å². The number of carboxylic acid groups (broad SMARTS) is 1. The fourth-order valence-corrected chi connectivity index (χ4v) is 2.93. The van der Waals surface area contributed by atoms with E-state index in [4.69, 9.17) is 0 Å². The summed E-state index contributed by atoms with van der Waals surface area (Å²) in [4.78, 5) is 18.1. The minimum absolute atomic E-state index is 0.359. The number of pyridine rings is 1. The van der Waals surface area contributed by atoms with E-state index in [9.17, 15) is 9.90 Å². The van der Waals surface area contributed by atoms with E-state index in [1.807, 2.05) is 0 Å². The number of carbonyl (C=O) groups is 1. The van der Waals surface area contributed by atoms with Crippen LogP contribution in [0.15, 0.2) is 12.1 Å². The highest BCUT2D eigenvalue weighted by Gasteiger charge is 2.23. The number of hydrogen-bond donors (Lipinski definition) is 1. The highest BCUT2D eigenvalue weighted by molar-refractivity contribution is 5.88. The van der Waals surface area contributed by atoms with Crippen LogP contribution in [0.25, 0.3) is 0 Å². The number of aromatic nitrogens is 1. The number of aromatic carboxylic acids is 1. The van der Waals surface area contributed by atoms with E-state index < -0.39 is 5.97 Å². The predicted molar refractivity (Wildman–Crippen MR) is 80.4 cm³/mol. The fourth-order valence-electron chi connectivity index (χ4n) is 2.93. The van der Waals surface area contributed by atoms with Crippen LogP contribution in [0.1, 0.15) is 55.6 Å². The van der Waals surface area contributed by atoms with Crippen molar-refractivity contribution >= 4 is 11.8 Å². The zero-order valence-corrected chi connectivity index (χ0v) is 12.4. The zero-order chi connectivity index (χ0) is 14.5. The SMILES string of the molecule is CCCc1cc(C(=O)O)cc(N2CCC(CCC)C2)n1. The van der Waals surface area contributed by atoms with E-state index in [-0.39, 0.29) is 0 Å². The topological polar surface area (TPSA) is 53.4 Å². The molecule has 0 aliphatic carbocycles. The number of aryl methyl sites for hydroxylation is 1. The van der Waals surface area contributed by atoms with Crippen LogP contribution in [-0.4, -0.2) is 29.1 Å². The van der Waals surface area contributed by atoms with E-state index in [1.165, 1.54) is 19.3 Å². The molecule has 0 aromatic carbocycles. The van der Waals surface area contributed by atoms with Crippen LogP contribution < -0.4 is 4.90 Å². The molecule has 110 valence electrons. The lowest BCUT2D eigenvalue weighted by Crippen LogP contribution is -2.22. The van der Waals surface area contributed by atoms with E-state index in [0.717, 1.165) is 43.4 Å². The van der Waals surface area contributed by atoms with Crippen LogP contribution in [0.4, 0.5) is 5.82 Å². The second kappa shape index (κ2) is 6.73. The molecular formula is C16H24N2O2. The molecule has 1 unspecified atom stereocenters. The van der Waals surface area contributed by atoms with Gasteiger partial charge in [-0.2, -0.15) is 0 Å². The maximum Gasteiger partial charge on any atom is 0.335 e. The van der Waals surface area contributed by atoms with Gasteiger partial charge in [-0.25, -0.2) is 9.78 Å². The Morgan fingerprint density at radius 1 is 1.40 bits per heavy atom. The highest BCUT2D eigenvalue weighted by Crippen LogP contribution is 2.26. The van der Waals surface area contributed by atoms with Crippen LogP contribution in [-0.2, 0) is 6.42 Å². The van der Waals surface area contributed by atoms with Crippen LogP contribution >= 0.6 is 0 Å². The normalized spacial score (nSPS) is 18.5. The summed E-state index contributed by atoms with van der Waals surface area (Å²) in [6.07, 6.45) is 5.46. The molecule has 2 heterocycles. The maximum absolute atomic E-state index is 11.2. The van der Waals surface area contributed by atoms with Gasteiger partial charge in [-0.3, -0.25) is 0 Å². The third-order valence-corrected chi connectivity index (χ3v) is 3.92. The van der Waals surface area contributed by atoms with Crippen molar-refractivity contribution in [1.29, 1.82) is 0 Å². The summed E-state index contributed by atoms with van der Waals surface area (Å²) in [5.74, 6) is 0.701. The second-order valence-electron chi connectivity index (χ2n) is 5.65. The van der Waals surface area contributed by atoms with Gasteiger partial charge in [0.05, 0.1) is 5.56 Å². The highest BCUT2D eigenvalue weighted by atomic mass is 16.4. The summed E-state index contributed by atoms with van der Waals surface area (Å²) < 4.78 is 0. The van der Waals surface area contributed by atoms with Gasteiger partial charge < -0.3 is 10.0 Å². The Labute approximate surface area is 120 Å². The fraction of sp³-hybridized carbons (Fsp3) is 0.625. The Bertz CT molecular complexity index is 474. The molecule has 4 nitrogen and oxygen atoms in total. The number of nitrogens with zero attached hydrogens (tertiary/aromatic N) is 2. The molecule has 1 aliphatic rings. The van der Waals surface area contributed by atoms with Crippen molar-refractivity contribution in [3.05, 3.63) is 23.4 Å². The minimum atomic E-state index is -0.865. The van der Waals surface area contributed by atoms with Gasteiger partial charge in [0.1, 0.15) is 5.82 Å². The van der Waals surface area contributed by atoms with Crippen molar-refractivity contribution in [3.63, 3.8) is 0 Å². The number of rotatable bonds is 6. The summed E-state index contributed by atoms with van der Waals surface area (Å²) in [5.41, 5.74) is 1.25. The third-order valence-electron chi connectivity index (χ3n) is 3.92. The molecule has 0 spiro atoms. The van der Waals surface area contributed by atoms with Gasteiger partial charge in [0, 0.05) is 18.8 Å². The molecule has 1 aromatic rings. The average molecular weight is 276 g/mol. The molecule has 1 aromatic heterocycles. The lowest BCUT2D eigenvalue weighted by Gasteiger charge is -2.19. The number of hydrogen-bond acceptors (Lipinski definition) is 3. The Balaban J connectivity index is 2.20. The summed E-state index contributed by atoms with van der Waals surface area (Å²) in [5, 5.41) is 9.23. The molecule has 1 aliphatic heterocycles. The van der Waals surface area contributed by atoms with Crippen molar-refractivity contribution in [1.82, 2.24) is 4.98 Å². The Hall–Kier alpha value is -1.58.